The SMILES string of the molecule is Cc1c(CCCN2CCNCC2)sc2ccccc12. The van der Waals surface area contributed by atoms with Gasteiger partial charge in [0.15, 0.2) is 0 Å². The average Bonchev–Trinajstić information content (AvgIpc) is 2.78. The molecule has 0 amide bonds. The molecule has 1 N–H and O–H groups in total. The Bertz CT molecular complexity index is 541. The van der Waals surface area contributed by atoms with E-state index < -0.39 is 0 Å². The minimum Gasteiger partial charge on any atom is -0.314 e. The molecule has 102 valence electrons. The highest BCUT2D eigenvalue weighted by Gasteiger charge is 2.11. The summed E-state index contributed by atoms with van der Waals surface area (Å²) >= 11 is 1.98. The van der Waals surface area contributed by atoms with Crippen molar-refractivity contribution in [3.63, 3.8) is 0 Å². The molecule has 1 saturated heterocycles. The second-order valence-electron chi connectivity index (χ2n) is 5.34. The van der Waals surface area contributed by atoms with E-state index in [9.17, 15) is 0 Å². The molecule has 0 spiro atoms. The van der Waals surface area contributed by atoms with E-state index in [1.54, 1.807) is 4.88 Å². The lowest BCUT2D eigenvalue weighted by molar-refractivity contribution is 0.239. The van der Waals surface area contributed by atoms with Gasteiger partial charge in [-0.1, -0.05) is 18.2 Å². The van der Waals surface area contributed by atoms with Crippen LogP contribution in [0.15, 0.2) is 24.3 Å². The Labute approximate surface area is 119 Å². The molecular formula is C16H22N2S. The molecule has 1 aromatic carbocycles. The van der Waals surface area contributed by atoms with Gasteiger partial charge in [-0.25, -0.2) is 0 Å². The molecule has 0 radical (unpaired) electrons. The third-order valence-corrected chi connectivity index (χ3v) is 5.36. The second kappa shape index (κ2) is 6.04. The standard InChI is InChI=1S/C16H22N2S/c1-13-14-5-2-3-6-16(14)19-15(13)7-4-10-18-11-8-17-9-12-18/h2-3,5-6,17H,4,7-12H2,1H3. The van der Waals surface area contributed by atoms with E-state index in [0.29, 0.717) is 0 Å². The van der Waals surface area contributed by atoms with Gasteiger partial charge in [0.2, 0.25) is 0 Å². The van der Waals surface area contributed by atoms with Gasteiger partial charge in [0, 0.05) is 35.8 Å². The van der Waals surface area contributed by atoms with Crippen molar-refractivity contribution in [2.75, 3.05) is 32.7 Å². The van der Waals surface area contributed by atoms with Crippen LogP contribution in [0, 0.1) is 6.92 Å². The lowest BCUT2D eigenvalue weighted by Crippen LogP contribution is -2.43. The molecular weight excluding hydrogens is 252 g/mol. The Kier molecular flexibility index (Phi) is 4.16. The van der Waals surface area contributed by atoms with Crippen LogP contribution in [0.4, 0.5) is 0 Å². The summed E-state index contributed by atoms with van der Waals surface area (Å²) in [6, 6.07) is 8.78. The van der Waals surface area contributed by atoms with Crippen LogP contribution in [0.1, 0.15) is 16.9 Å². The van der Waals surface area contributed by atoms with Gasteiger partial charge in [-0.15, -0.1) is 11.3 Å². The lowest BCUT2D eigenvalue weighted by atomic mass is 10.1. The molecule has 1 aliphatic heterocycles. The number of nitrogens with one attached hydrogen (secondary N) is 1. The number of fused-ring (bicyclic) bond motifs is 1. The van der Waals surface area contributed by atoms with E-state index in [1.807, 2.05) is 11.3 Å². The Hall–Kier alpha value is -0.900. The number of nitrogens with zero attached hydrogens (tertiary/aromatic N) is 1. The molecule has 0 bridgehead atoms. The minimum absolute atomic E-state index is 1.15. The first-order valence-corrected chi connectivity index (χ1v) is 8.06. The van der Waals surface area contributed by atoms with E-state index in [2.05, 4.69) is 41.4 Å². The number of benzene rings is 1. The van der Waals surface area contributed by atoms with Crippen LogP contribution < -0.4 is 5.32 Å². The molecule has 2 aromatic rings. The first-order valence-electron chi connectivity index (χ1n) is 7.24. The van der Waals surface area contributed by atoms with Crippen molar-refractivity contribution >= 4 is 21.4 Å². The first-order chi connectivity index (χ1) is 9.34. The maximum atomic E-state index is 3.41. The van der Waals surface area contributed by atoms with E-state index in [4.69, 9.17) is 0 Å². The van der Waals surface area contributed by atoms with Crippen LogP contribution >= 0.6 is 11.3 Å². The van der Waals surface area contributed by atoms with Crippen molar-refractivity contribution in [2.24, 2.45) is 0 Å². The zero-order chi connectivity index (χ0) is 13.1. The van der Waals surface area contributed by atoms with Gasteiger partial charge < -0.3 is 10.2 Å². The van der Waals surface area contributed by atoms with E-state index in [1.165, 1.54) is 48.1 Å². The highest BCUT2D eigenvalue weighted by Crippen LogP contribution is 2.31. The van der Waals surface area contributed by atoms with Gasteiger partial charge in [0.25, 0.3) is 0 Å². The van der Waals surface area contributed by atoms with E-state index in [0.717, 1.165) is 13.1 Å². The van der Waals surface area contributed by atoms with Gasteiger partial charge in [-0.05, 0) is 43.3 Å². The Balaban J connectivity index is 1.60. The van der Waals surface area contributed by atoms with Crippen molar-refractivity contribution in [1.29, 1.82) is 0 Å². The maximum absolute atomic E-state index is 3.41. The quantitative estimate of drug-likeness (QED) is 0.922. The second-order valence-corrected chi connectivity index (χ2v) is 6.48. The topological polar surface area (TPSA) is 15.3 Å². The van der Waals surface area contributed by atoms with Crippen LogP contribution in [0.2, 0.25) is 0 Å². The predicted molar refractivity (Wildman–Crippen MR) is 84.2 cm³/mol. The molecule has 3 heteroatoms. The molecule has 1 aromatic heterocycles. The monoisotopic (exact) mass is 274 g/mol. The number of thiophene rings is 1. The van der Waals surface area contributed by atoms with Crippen LogP contribution in [-0.2, 0) is 6.42 Å². The van der Waals surface area contributed by atoms with Crippen LogP contribution in [0.3, 0.4) is 0 Å². The summed E-state index contributed by atoms with van der Waals surface area (Å²) in [5, 5.41) is 4.86. The number of rotatable bonds is 4. The fraction of sp³-hybridized carbons (Fsp3) is 0.500. The largest absolute Gasteiger partial charge is 0.314 e. The van der Waals surface area contributed by atoms with Gasteiger partial charge in [-0.3, -0.25) is 0 Å². The molecule has 1 fully saturated rings. The summed E-state index contributed by atoms with van der Waals surface area (Å²) in [4.78, 5) is 4.16. The van der Waals surface area contributed by atoms with Crippen LogP contribution in [0.5, 0.6) is 0 Å². The number of piperazine rings is 1. The third-order valence-electron chi connectivity index (χ3n) is 4.03. The normalized spacial score (nSPS) is 17.1. The van der Waals surface area contributed by atoms with Gasteiger partial charge in [0.05, 0.1) is 0 Å². The molecule has 2 nitrogen and oxygen atoms in total. The number of aryl methyl sites for hydroxylation is 2. The summed E-state index contributed by atoms with van der Waals surface area (Å²) in [6.45, 7) is 8.26. The number of hydrogen-bond acceptors (Lipinski definition) is 3. The van der Waals surface area contributed by atoms with Crippen molar-refractivity contribution < 1.29 is 0 Å². The molecule has 0 unspecified atom stereocenters. The Morgan fingerprint density at radius 2 is 2.00 bits per heavy atom. The Morgan fingerprint density at radius 3 is 2.79 bits per heavy atom. The highest BCUT2D eigenvalue weighted by molar-refractivity contribution is 7.19. The fourth-order valence-electron chi connectivity index (χ4n) is 2.86. The van der Waals surface area contributed by atoms with Crippen molar-refractivity contribution in [1.82, 2.24) is 10.2 Å². The van der Waals surface area contributed by atoms with Crippen LogP contribution in [-0.4, -0.2) is 37.6 Å². The predicted octanol–water partition coefficient (Wildman–Crippen LogP) is 3.05. The molecule has 19 heavy (non-hydrogen) atoms. The smallest absolute Gasteiger partial charge is 0.0348 e. The van der Waals surface area contributed by atoms with Gasteiger partial charge >= 0.3 is 0 Å². The number of hydrogen-bond donors (Lipinski definition) is 1. The third kappa shape index (κ3) is 2.99. The molecule has 0 atom stereocenters. The van der Waals surface area contributed by atoms with Gasteiger partial charge in [0.1, 0.15) is 0 Å². The zero-order valence-corrected chi connectivity index (χ0v) is 12.4. The summed E-state index contributed by atoms with van der Waals surface area (Å²) in [7, 11) is 0. The van der Waals surface area contributed by atoms with E-state index >= 15 is 0 Å². The van der Waals surface area contributed by atoms with Crippen molar-refractivity contribution in [2.45, 2.75) is 19.8 Å². The summed E-state index contributed by atoms with van der Waals surface area (Å²) in [6.07, 6.45) is 2.52. The Morgan fingerprint density at radius 1 is 1.21 bits per heavy atom. The summed E-state index contributed by atoms with van der Waals surface area (Å²) in [5.74, 6) is 0. The zero-order valence-electron chi connectivity index (χ0n) is 11.6. The highest BCUT2D eigenvalue weighted by atomic mass is 32.1. The van der Waals surface area contributed by atoms with E-state index in [-0.39, 0.29) is 0 Å². The summed E-state index contributed by atoms with van der Waals surface area (Å²) < 4.78 is 1.44. The average molecular weight is 274 g/mol. The minimum atomic E-state index is 1.15. The lowest BCUT2D eigenvalue weighted by Gasteiger charge is -2.26. The van der Waals surface area contributed by atoms with Crippen molar-refractivity contribution in [3.8, 4) is 0 Å². The first kappa shape index (κ1) is 13.1. The maximum Gasteiger partial charge on any atom is 0.0348 e. The molecule has 1 aliphatic rings. The van der Waals surface area contributed by atoms with Crippen LogP contribution in [0.25, 0.3) is 10.1 Å². The summed E-state index contributed by atoms with van der Waals surface area (Å²) in [5.41, 5.74) is 1.50. The molecule has 0 saturated carbocycles. The van der Waals surface area contributed by atoms with Crippen molar-refractivity contribution in [3.05, 3.63) is 34.7 Å². The molecule has 0 aliphatic carbocycles. The van der Waals surface area contributed by atoms with Gasteiger partial charge in [-0.2, -0.15) is 0 Å². The molecule has 3 rings (SSSR count). The molecule has 2 heterocycles. The fourth-order valence-corrected chi connectivity index (χ4v) is 4.11.